The normalized spacial score (nSPS) is 14.2. The molecule has 0 aliphatic carbocycles. The van der Waals surface area contributed by atoms with Gasteiger partial charge in [0.05, 0.1) is 45.0 Å². The number of methoxy groups -OCH3 is 2. The number of hydrogen-bond donors (Lipinski definition) is 1. The van der Waals surface area contributed by atoms with Crippen molar-refractivity contribution in [2.75, 3.05) is 47.1 Å². The van der Waals surface area contributed by atoms with E-state index >= 15 is 0 Å². The van der Waals surface area contributed by atoms with E-state index in [4.69, 9.17) is 19.6 Å². The second-order valence-electron chi connectivity index (χ2n) is 7.46. The summed E-state index contributed by atoms with van der Waals surface area (Å²) in [6.45, 7) is 4.84. The van der Waals surface area contributed by atoms with Crippen LogP contribution in [0.15, 0.2) is 42.5 Å². The number of ether oxygens (including phenoxy) is 3. The fraction of sp³-hybridized carbons (Fsp3) is 0.391. The van der Waals surface area contributed by atoms with Gasteiger partial charge in [-0.25, -0.2) is 0 Å². The number of fused-ring (bicyclic) bond motifs is 1. The molecule has 1 aliphatic rings. The van der Waals surface area contributed by atoms with E-state index in [2.05, 4.69) is 4.90 Å². The highest BCUT2D eigenvalue weighted by Crippen LogP contribution is 2.29. The molecule has 9 heteroatoms. The molecule has 1 N–H and O–H groups in total. The Morgan fingerprint density at radius 1 is 0.938 bits per heavy atom. The molecule has 0 spiro atoms. The summed E-state index contributed by atoms with van der Waals surface area (Å²) < 4.78 is 19.9. The highest BCUT2D eigenvalue weighted by Gasteiger charge is 2.21. The monoisotopic (exact) mass is 504 g/mol. The SMILES string of the molecule is Br.COc1cccc(OC)c1C(=O)Cn1c(=N)n(CCN2CCOCC2)c2ccccc21. The van der Waals surface area contributed by atoms with Crippen LogP contribution in [-0.2, 0) is 17.8 Å². The van der Waals surface area contributed by atoms with Crippen molar-refractivity contribution in [3.05, 3.63) is 53.6 Å². The molecule has 1 aromatic heterocycles. The zero-order valence-corrected chi connectivity index (χ0v) is 20.1. The van der Waals surface area contributed by atoms with Crippen molar-refractivity contribution in [3.63, 3.8) is 0 Å². The van der Waals surface area contributed by atoms with Gasteiger partial charge in [0.2, 0.25) is 5.62 Å². The number of Topliss-reactive ketones (excluding diaryl/α,β-unsaturated/α-hetero) is 1. The molecule has 0 amide bonds. The molecular weight excluding hydrogens is 476 g/mol. The highest BCUT2D eigenvalue weighted by atomic mass is 79.9. The van der Waals surface area contributed by atoms with Gasteiger partial charge in [-0.05, 0) is 24.3 Å². The van der Waals surface area contributed by atoms with Crippen LogP contribution >= 0.6 is 17.0 Å². The third-order valence-electron chi connectivity index (χ3n) is 5.73. The summed E-state index contributed by atoms with van der Waals surface area (Å²) in [5, 5.41) is 8.81. The minimum Gasteiger partial charge on any atom is -0.496 e. The van der Waals surface area contributed by atoms with E-state index in [0.717, 1.165) is 43.9 Å². The van der Waals surface area contributed by atoms with Crippen LogP contribution in [0.3, 0.4) is 0 Å². The summed E-state index contributed by atoms with van der Waals surface area (Å²) in [4.78, 5) is 15.6. The molecule has 0 saturated carbocycles. The number of carbonyl (C=O) groups excluding carboxylic acids is 1. The molecule has 8 nitrogen and oxygen atoms in total. The first-order chi connectivity index (χ1) is 15.1. The Morgan fingerprint density at radius 3 is 2.12 bits per heavy atom. The van der Waals surface area contributed by atoms with E-state index < -0.39 is 0 Å². The Hall–Kier alpha value is -2.62. The number of carbonyl (C=O) groups is 1. The number of halogens is 1. The van der Waals surface area contributed by atoms with Crippen LogP contribution in [0.5, 0.6) is 11.5 Å². The summed E-state index contributed by atoms with van der Waals surface area (Å²) in [5.41, 5.74) is 2.50. The van der Waals surface area contributed by atoms with Crippen molar-refractivity contribution < 1.29 is 19.0 Å². The van der Waals surface area contributed by atoms with E-state index in [1.165, 1.54) is 14.2 Å². The Labute approximate surface area is 197 Å². The van der Waals surface area contributed by atoms with Gasteiger partial charge in [-0.3, -0.25) is 15.1 Å². The molecule has 0 atom stereocenters. The third-order valence-corrected chi connectivity index (χ3v) is 5.73. The number of morpholine rings is 1. The lowest BCUT2D eigenvalue weighted by Crippen LogP contribution is -2.39. The first kappa shape index (κ1) is 24.0. The maximum atomic E-state index is 13.3. The second-order valence-corrected chi connectivity index (χ2v) is 7.46. The number of rotatable bonds is 8. The largest absolute Gasteiger partial charge is 0.496 e. The maximum Gasteiger partial charge on any atom is 0.203 e. The van der Waals surface area contributed by atoms with Gasteiger partial charge in [-0.1, -0.05) is 18.2 Å². The molecular formula is C23H29BrN4O4. The van der Waals surface area contributed by atoms with Gasteiger partial charge in [0.15, 0.2) is 5.78 Å². The van der Waals surface area contributed by atoms with Crippen molar-refractivity contribution in [1.29, 1.82) is 5.41 Å². The van der Waals surface area contributed by atoms with Crippen molar-refractivity contribution in [2.24, 2.45) is 0 Å². The zero-order valence-electron chi connectivity index (χ0n) is 18.4. The Kier molecular flexibility index (Phi) is 8.11. The molecule has 172 valence electrons. The lowest BCUT2D eigenvalue weighted by atomic mass is 10.1. The molecule has 1 fully saturated rings. The smallest absolute Gasteiger partial charge is 0.203 e. The summed E-state index contributed by atoms with van der Waals surface area (Å²) >= 11 is 0. The predicted octanol–water partition coefficient (Wildman–Crippen LogP) is 2.73. The standard InChI is InChI=1S/C23H28N4O4.BrH/c1-29-20-8-5-9-21(30-2)22(20)19(28)16-27-18-7-4-3-6-17(18)26(23(27)24)11-10-25-12-14-31-15-13-25;/h3-9,24H,10-16H2,1-2H3;1H. The van der Waals surface area contributed by atoms with Crippen molar-refractivity contribution in [2.45, 2.75) is 13.1 Å². The second kappa shape index (κ2) is 10.8. The summed E-state index contributed by atoms with van der Waals surface area (Å²) in [6.07, 6.45) is 0. The average molecular weight is 505 g/mol. The van der Waals surface area contributed by atoms with Gasteiger partial charge in [0.1, 0.15) is 17.1 Å². The minimum absolute atomic E-state index is 0. The van der Waals surface area contributed by atoms with E-state index in [1.807, 2.05) is 28.8 Å². The van der Waals surface area contributed by atoms with E-state index in [9.17, 15) is 4.79 Å². The zero-order chi connectivity index (χ0) is 21.8. The van der Waals surface area contributed by atoms with Crippen LogP contribution in [-0.4, -0.2) is 66.9 Å². The molecule has 0 bridgehead atoms. The first-order valence-electron chi connectivity index (χ1n) is 10.4. The molecule has 0 unspecified atom stereocenters. The number of nitrogens with one attached hydrogen (secondary N) is 1. The Balaban J connectivity index is 0.00000289. The highest BCUT2D eigenvalue weighted by molar-refractivity contribution is 8.93. The maximum absolute atomic E-state index is 13.3. The minimum atomic E-state index is -0.163. The third kappa shape index (κ3) is 4.74. The Morgan fingerprint density at radius 2 is 1.53 bits per heavy atom. The van der Waals surface area contributed by atoms with Gasteiger partial charge < -0.3 is 23.3 Å². The van der Waals surface area contributed by atoms with Gasteiger partial charge in [0.25, 0.3) is 0 Å². The predicted molar refractivity (Wildman–Crippen MR) is 127 cm³/mol. The molecule has 2 aromatic carbocycles. The van der Waals surface area contributed by atoms with E-state index in [-0.39, 0.29) is 29.3 Å². The number of aromatic nitrogens is 2. The quantitative estimate of drug-likeness (QED) is 0.477. The Bertz CT molecular complexity index is 1110. The van der Waals surface area contributed by atoms with Crippen LogP contribution in [0.1, 0.15) is 10.4 Å². The molecule has 1 saturated heterocycles. The molecule has 2 heterocycles. The molecule has 1 aliphatic heterocycles. The van der Waals surface area contributed by atoms with Crippen molar-refractivity contribution in [1.82, 2.24) is 14.0 Å². The fourth-order valence-electron chi connectivity index (χ4n) is 4.10. The van der Waals surface area contributed by atoms with Gasteiger partial charge in [-0.15, -0.1) is 17.0 Å². The van der Waals surface area contributed by atoms with Crippen LogP contribution in [0.25, 0.3) is 11.0 Å². The van der Waals surface area contributed by atoms with Gasteiger partial charge in [-0.2, -0.15) is 0 Å². The van der Waals surface area contributed by atoms with E-state index in [0.29, 0.717) is 29.2 Å². The van der Waals surface area contributed by atoms with Crippen LogP contribution in [0.4, 0.5) is 0 Å². The number of para-hydroxylation sites is 2. The van der Waals surface area contributed by atoms with Crippen molar-refractivity contribution in [3.8, 4) is 11.5 Å². The lowest BCUT2D eigenvalue weighted by molar-refractivity contribution is 0.0363. The van der Waals surface area contributed by atoms with Crippen LogP contribution in [0, 0.1) is 5.41 Å². The molecule has 0 radical (unpaired) electrons. The molecule has 32 heavy (non-hydrogen) atoms. The van der Waals surface area contributed by atoms with Crippen LogP contribution in [0.2, 0.25) is 0 Å². The molecule has 3 aromatic rings. The number of nitrogens with zero attached hydrogens (tertiary/aromatic N) is 3. The topological polar surface area (TPSA) is 81.7 Å². The van der Waals surface area contributed by atoms with Gasteiger partial charge >= 0.3 is 0 Å². The number of ketones is 1. The summed E-state index contributed by atoms with van der Waals surface area (Å²) in [7, 11) is 3.07. The fourth-order valence-corrected chi connectivity index (χ4v) is 4.10. The number of hydrogen-bond acceptors (Lipinski definition) is 6. The summed E-state index contributed by atoms with van der Waals surface area (Å²) in [6, 6.07) is 13.1. The average Bonchev–Trinajstić information content (AvgIpc) is 3.08. The summed E-state index contributed by atoms with van der Waals surface area (Å²) in [5.74, 6) is 0.768. The van der Waals surface area contributed by atoms with Crippen molar-refractivity contribution >= 4 is 33.8 Å². The van der Waals surface area contributed by atoms with Crippen LogP contribution < -0.4 is 15.1 Å². The number of benzene rings is 2. The van der Waals surface area contributed by atoms with E-state index in [1.54, 1.807) is 22.8 Å². The number of imidazole rings is 1. The lowest BCUT2D eigenvalue weighted by Gasteiger charge is -2.26. The first-order valence-corrected chi connectivity index (χ1v) is 10.4. The molecule has 4 rings (SSSR count). The van der Waals surface area contributed by atoms with Gasteiger partial charge in [0, 0.05) is 26.2 Å².